The summed E-state index contributed by atoms with van der Waals surface area (Å²) in [5.41, 5.74) is 0. The topological polar surface area (TPSA) is 72.7 Å². The summed E-state index contributed by atoms with van der Waals surface area (Å²) in [6.07, 6.45) is 6.40. The van der Waals surface area contributed by atoms with Crippen molar-refractivity contribution in [2.45, 2.75) is 62.5 Å². The molecule has 4 heteroatoms. The first-order chi connectivity index (χ1) is 7.68. The van der Waals surface area contributed by atoms with Crippen molar-refractivity contribution in [2.75, 3.05) is 0 Å². The Labute approximate surface area is 96.0 Å². The molecule has 16 heavy (non-hydrogen) atoms. The monoisotopic (exact) mass is 227 g/mol. The number of rotatable bonds is 2. The van der Waals surface area contributed by atoms with Crippen molar-refractivity contribution in [2.24, 2.45) is 0 Å². The van der Waals surface area contributed by atoms with Crippen LogP contribution in [0.15, 0.2) is 12.2 Å². The van der Waals surface area contributed by atoms with Crippen LogP contribution in [0.2, 0.25) is 0 Å². The van der Waals surface area contributed by atoms with Crippen molar-refractivity contribution >= 4 is 0 Å². The van der Waals surface area contributed by atoms with E-state index in [9.17, 15) is 15.3 Å². The van der Waals surface area contributed by atoms with Gasteiger partial charge < -0.3 is 20.6 Å². The molecule has 0 amide bonds. The standard InChI is InChI=1S/C12H21NO3/c14-10-7-6-9(11(15)12(10)16)13-8-4-2-1-3-5-8/h6-16H,1-5H2/t9-,10+,11+,12+/m1/s1. The van der Waals surface area contributed by atoms with Crippen LogP contribution in [-0.4, -0.2) is 45.7 Å². The van der Waals surface area contributed by atoms with Crippen LogP contribution >= 0.6 is 0 Å². The molecule has 0 aromatic rings. The molecule has 0 saturated heterocycles. The van der Waals surface area contributed by atoms with Crippen molar-refractivity contribution in [3.8, 4) is 0 Å². The van der Waals surface area contributed by atoms with Gasteiger partial charge >= 0.3 is 0 Å². The number of nitrogens with one attached hydrogen (secondary N) is 1. The molecule has 0 radical (unpaired) electrons. The molecule has 4 nitrogen and oxygen atoms in total. The Bertz CT molecular complexity index is 251. The van der Waals surface area contributed by atoms with Gasteiger partial charge in [0.1, 0.15) is 18.3 Å². The molecule has 0 heterocycles. The Morgan fingerprint density at radius 2 is 1.56 bits per heavy atom. The van der Waals surface area contributed by atoms with Crippen molar-refractivity contribution in [1.82, 2.24) is 5.32 Å². The highest BCUT2D eigenvalue weighted by atomic mass is 16.4. The van der Waals surface area contributed by atoms with Gasteiger partial charge in [-0.05, 0) is 12.8 Å². The fourth-order valence-electron chi connectivity index (χ4n) is 2.57. The summed E-state index contributed by atoms with van der Waals surface area (Å²) in [6, 6.07) is 0.196. The fourth-order valence-corrected chi connectivity index (χ4v) is 2.57. The summed E-state index contributed by atoms with van der Waals surface area (Å²) in [5, 5.41) is 32.1. The zero-order valence-corrected chi connectivity index (χ0v) is 9.42. The Morgan fingerprint density at radius 3 is 2.25 bits per heavy atom. The van der Waals surface area contributed by atoms with Crippen molar-refractivity contribution < 1.29 is 15.3 Å². The molecule has 0 aromatic carbocycles. The van der Waals surface area contributed by atoms with Crippen LogP contribution in [0.25, 0.3) is 0 Å². The molecule has 2 aliphatic carbocycles. The lowest BCUT2D eigenvalue weighted by Crippen LogP contribution is -2.54. The first-order valence-corrected chi connectivity index (χ1v) is 6.17. The summed E-state index contributed by atoms with van der Waals surface area (Å²) >= 11 is 0. The highest BCUT2D eigenvalue weighted by Gasteiger charge is 2.33. The van der Waals surface area contributed by atoms with E-state index in [0.717, 1.165) is 12.8 Å². The van der Waals surface area contributed by atoms with E-state index < -0.39 is 18.3 Å². The molecule has 1 saturated carbocycles. The second kappa shape index (κ2) is 5.27. The lowest BCUT2D eigenvalue weighted by molar-refractivity contribution is -0.0582. The Morgan fingerprint density at radius 1 is 0.875 bits per heavy atom. The minimum absolute atomic E-state index is 0.235. The van der Waals surface area contributed by atoms with Gasteiger partial charge in [0, 0.05) is 6.04 Å². The van der Waals surface area contributed by atoms with Gasteiger partial charge in [0.25, 0.3) is 0 Å². The van der Waals surface area contributed by atoms with Crippen LogP contribution in [-0.2, 0) is 0 Å². The minimum atomic E-state index is -1.08. The third kappa shape index (κ3) is 2.63. The summed E-state index contributed by atoms with van der Waals surface area (Å²) < 4.78 is 0. The Kier molecular flexibility index (Phi) is 3.97. The number of hydrogen-bond acceptors (Lipinski definition) is 4. The maximum absolute atomic E-state index is 9.81. The summed E-state index contributed by atoms with van der Waals surface area (Å²) in [6.45, 7) is 0. The van der Waals surface area contributed by atoms with E-state index in [1.807, 2.05) is 0 Å². The highest BCUT2D eigenvalue weighted by molar-refractivity contribution is 5.11. The molecule has 4 atom stereocenters. The predicted octanol–water partition coefficient (Wildman–Crippen LogP) is -0.0702. The molecule has 0 spiro atoms. The molecular weight excluding hydrogens is 206 g/mol. The van der Waals surface area contributed by atoms with Gasteiger partial charge in [0.15, 0.2) is 0 Å². The summed E-state index contributed by atoms with van der Waals surface area (Å²) in [7, 11) is 0. The van der Waals surface area contributed by atoms with Gasteiger partial charge in [-0.2, -0.15) is 0 Å². The van der Waals surface area contributed by atoms with Gasteiger partial charge in [0.2, 0.25) is 0 Å². The third-order valence-electron chi connectivity index (χ3n) is 3.62. The van der Waals surface area contributed by atoms with Crippen LogP contribution in [0.3, 0.4) is 0 Å². The Balaban J connectivity index is 1.91. The van der Waals surface area contributed by atoms with Crippen LogP contribution in [0.4, 0.5) is 0 Å². The number of aliphatic hydroxyl groups is 3. The summed E-state index contributed by atoms with van der Waals surface area (Å²) in [4.78, 5) is 0. The molecule has 0 unspecified atom stereocenters. The minimum Gasteiger partial charge on any atom is -0.388 e. The average molecular weight is 227 g/mol. The molecule has 2 aliphatic rings. The van der Waals surface area contributed by atoms with Crippen LogP contribution in [0, 0.1) is 0 Å². The van der Waals surface area contributed by atoms with Crippen LogP contribution < -0.4 is 5.32 Å². The predicted molar refractivity (Wildman–Crippen MR) is 61.0 cm³/mol. The highest BCUT2D eigenvalue weighted by Crippen LogP contribution is 2.20. The fraction of sp³-hybridized carbons (Fsp3) is 0.833. The van der Waals surface area contributed by atoms with E-state index in [0.29, 0.717) is 6.04 Å². The molecule has 0 aliphatic heterocycles. The maximum Gasteiger partial charge on any atom is 0.111 e. The Hall–Kier alpha value is -0.420. The van der Waals surface area contributed by atoms with Crippen molar-refractivity contribution in [1.29, 1.82) is 0 Å². The molecule has 92 valence electrons. The normalized spacial score (nSPS) is 41.2. The first-order valence-electron chi connectivity index (χ1n) is 6.17. The van der Waals surface area contributed by atoms with E-state index in [2.05, 4.69) is 5.32 Å². The molecule has 4 N–H and O–H groups in total. The number of hydrogen-bond donors (Lipinski definition) is 4. The quantitative estimate of drug-likeness (QED) is 0.498. The SMILES string of the molecule is O[C@@H]1[C@@H](O)[C@H](NC2CCCCC2)C=C[C@@H]1O. The molecule has 0 bridgehead atoms. The number of aliphatic hydroxyl groups excluding tert-OH is 3. The first kappa shape index (κ1) is 12.0. The van der Waals surface area contributed by atoms with Crippen LogP contribution in [0.1, 0.15) is 32.1 Å². The summed E-state index contributed by atoms with van der Waals surface area (Å²) in [5.74, 6) is 0. The smallest absolute Gasteiger partial charge is 0.111 e. The van der Waals surface area contributed by atoms with E-state index in [1.54, 1.807) is 12.2 Å². The van der Waals surface area contributed by atoms with E-state index in [1.165, 1.54) is 19.3 Å². The molecular formula is C12H21NO3. The van der Waals surface area contributed by atoms with Gasteiger partial charge in [-0.3, -0.25) is 0 Å². The van der Waals surface area contributed by atoms with E-state index in [4.69, 9.17) is 0 Å². The maximum atomic E-state index is 9.81. The van der Waals surface area contributed by atoms with Gasteiger partial charge in [-0.25, -0.2) is 0 Å². The van der Waals surface area contributed by atoms with E-state index in [-0.39, 0.29) is 6.04 Å². The average Bonchev–Trinajstić information content (AvgIpc) is 2.31. The molecule has 1 fully saturated rings. The lowest BCUT2D eigenvalue weighted by atomic mass is 9.90. The third-order valence-corrected chi connectivity index (χ3v) is 3.62. The zero-order valence-electron chi connectivity index (χ0n) is 9.42. The van der Waals surface area contributed by atoms with Gasteiger partial charge in [0.05, 0.1) is 6.04 Å². The second-order valence-electron chi connectivity index (χ2n) is 4.88. The second-order valence-corrected chi connectivity index (χ2v) is 4.88. The van der Waals surface area contributed by atoms with Crippen LogP contribution in [0.5, 0.6) is 0 Å². The van der Waals surface area contributed by atoms with Gasteiger partial charge in [-0.15, -0.1) is 0 Å². The largest absolute Gasteiger partial charge is 0.388 e. The van der Waals surface area contributed by atoms with Crippen molar-refractivity contribution in [3.05, 3.63) is 12.2 Å². The van der Waals surface area contributed by atoms with Crippen molar-refractivity contribution in [3.63, 3.8) is 0 Å². The zero-order chi connectivity index (χ0) is 11.5. The molecule has 0 aromatic heterocycles. The lowest BCUT2D eigenvalue weighted by Gasteiger charge is -2.35. The molecule has 2 rings (SSSR count). The van der Waals surface area contributed by atoms with E-state index >= 15 is 0 Å². The van der Waals surface area contributed by atoms with Gasteiger partial charge in [-0.1, -0.05) is 31.4 Å².